The van der Waals surface area contributed by atoms with Gasteiger partial charge in [-0.3, -0.25) is 0 Å². The van der Waals surface area contributed by atoms with E-state index < -0.39 is 9.84 Å². The molecule has 1 unspecified atom stereocenters. The monoisotopic (exact) mass is 298 g/mol. The van der Waals surface area contributed by atoms with Gasteiger partial charge in [-0.25, -0.2) is 13.2 Å². The Balaban J connectivity index is 2.53. The first-order valence-electron chi connectivity index (χ1n) is 6.47. The highest BCUT2D eigenvalue weighted by atomic mass is 32.2. The van der Waals surface area contributed by atoms with E-state index in [9.17, 15) is 13.2 Å². The van der Waals surface area contributed by atoms with Gasteiger partial charge in [0.1, 0.15) is 9.84 Å². The van der Waals surface area contributed by atoms with E-state index in [1.165, 1.54) is 0 Å². The van der Waals surface area contributed by atoms with Crippen LogP contribution in [0.3, 0.4) is 0 Å². The van der Waals surface area contributed by atoms with E-state index in [1.807, 2.05) is 32.9 Å². The summed E-state index contributed by atoms with van der Waals surface area (Å²) in [5, 5.41) is 5.33. The number of amides is 2. The first kappa shape index (κ1) is 16.5. The lowest BCUT2D eigenvalue weighted by atomic mass is 10.0. The third kappa shape index (κ3) is 6.06. The summed E-state index contributed by atoms with van der Waals surface area (Å²) in [6, 6.07) is 5.62. The van der Waals surface area contributed by atoms with Gasteiger partial charge in [0.2, 0.25) is 0 Å². The minimum atomic E-state index is -3.05. The zero-order valence-corrected chi connectivity index (χ0v) is 13.2. The van der Waals surface area contributed by atoms with Crippen molar-refractivity contribution in [1.29, 1.82) is 0 Å². The van der Waals surface area contributed by atoms with Gasteiger partial charge in [-0.05, 0) is 26.3 Å². The highest BCUT2D eigenvalue weighted by Gasteiger charge is 2.10. The van der Waals surface area contributed by atoms with Crippen LogP contribution in [0, 0.1) is 13.8 Å². The smallest absolute Gasteiger partial charge is 0.315 e. The first-order chi connectivity index (χ1) is 9.17. The third-order valence-electron chi connectivity index (χ3n) is 2.85. The molecule has 2 amide bonds. The fraction of sp³-hybridized carbons (Fsp3) is 0.500. The summed E-state index contributed by atoms with van der Waals surface area (Å²) in [6.45, 7) is 6.03. The van der Waals surface area contributed by atoms with Gasteiger partial charge in [0, 0.05) is 12.8 Å². The van der Waals surface area contributed by atoms with Crippen LogP contribution < -0.4 is 10.6 Å². The third-order valence-corrected chi connectivity index (χ3v) is 3.80. The Morgan fingerprint density at radius 2 is 1.75 bits per heavy atom. The lowest BCUT2D eigenvalue weighted by Gasteiger charge is -2.16. The van der Waals surface area contributed by atoms with Crippen LogP contribution in [0.4, 0.5) is 4.79 Å². The highest BCUT2D eigenvalue weighted by Crippen LogP contribution is 2.16. The van der Waals surface area contributed by atoms with Crippen molar-refractivity contribution in [1.82, 2.24) is 10.6 Å². The number of nitrogens with one attached hydrogen (secondary N) is 2. The molecule has 6 heteroatoms. The molecule has 0 saturated carbocycles. The summed E-state index contributed by atoms with van der Waals surface area (Å²) in [4.78, 5) is 11.7. The number of aryl methyl sites for hydroxylation is 2. The molecule has 1 atom stereocenters. The van der Waals surface area contributed by atoms with E-state index in [4.69, 9.17) is 0 Å². The Morgan fingerprint density at radius 3 is 2.25 bits per heavy atom. The maximum atomic E-state index is 11.7. The quantitative estimate of drug-likeness (QED) is 0.869. The number of hydrogen-bond acceptors (Lipinski definition) is 3. The second-order valence-corrected chi connectivity index (χ2v) is 7.43. The normalized spacial score (nSPS) is 12.8. The summed E-state index contributed by atoms with van der Waals surface area (Å²) in [7, 11) is -3.05. The second-order valence-electron chi connectivity index (χ2n) is 5.17. The van der Waals surface area contributed by atoms with Crippen LogP contribution in [0.15, 0.2) is 18.2 Å². The fourth-order valence-corrected chi connectivity index (χ4v) is 2.41. The van der Waals surface area contributed by atoms with Crippen LogP contribution in [0.25, 0.3) is 0 Å². The average Bonchev–Trinajstić information content (AvgIpc) is 2.25. The molecule has 1 aromatic rings. The van der Waals surface area contributed by atoms with E-state index in [1.54, 1.807) is 0 Å². The predicted molar refractivity (Wildman–Crippen MR) is 80.6 cm³/mol. The largest absolute Gasteiger partial charge is 0.337 e. The molecule has 0 spiro atoms. The highest BCUT2D eigenvalue weighted by molar-refractivity contribution is 7.90. The number of sulfone groups is 1. The van der Waals surface area contributed by atoms with Crippen molar-refractivity contribution in [3.05, 3.63) is 34.9 Å². The summed E-state index contributed by atoms with van der Waals surface area (Å²) < 4.78 is 21.9. The molecule has 0 aliphatic rings. The molecule has 20 heavy (non-hydrogen) atoms. The van der Waals surface area contributed by atoms with Crippen molar-refractivity contribution >= 4 is 15.9 Å². The lowest BCUT2D eigenvalue weighted by molar-refractivity contribution is 0.238. The Labute approximate surface area is 120 Å². The molecule has 0 aromatic heterocycles. The van der Waals surface area contributed by atoms with Gasteiger partial charge in [-0.1, -0.05) is 29.3 Å². The first-order valence-corrected chi connectivity index (χ1v) is 8.54. The van der Waals surface area contributed by atoms with E-state index in [2.05, 4.69) is 16.7 Å². The number of hydrogen-bond donors (Lipinski definition) is 2. The minimum absolute atomic E-state index is 0.0572. The van der Waals surface area contributed by atoms with Crippen molar-refractivity contribution in [3.63, 3.8) is 0 Å². The average molecular weight is 298 g/mol. The molecular formula is C14H22N2O3S. The van der Waals surface area contributed by atoms with E-state index in [0.29, 0.717) is 0 Å². The molecular weight excluding hydrogens is 276 g/mol. The summed E-state index contributed by atoms with van der Waals surface area (Å²) in [5.41, 5.74) is 3.32. The molecule has 2 N–H and O–H groups in total. The number of urea groups is 1. The van der Waals surface area contributed by atoms with Gasteiger partial charge in [-0.2, -0.15) is 0 Å². The van der Waals surface area contributed by atoms with Gasteiger partial charge in [0.15, 0.2) is 0 Å². The molecule has 0 bridgehead atoms. The zero-order chi connectivity index (χ0) is 15.3. The summed E-state index contributed by atoms with van der Waals surface area (Å²) >= 11 is 0. The fourth-order valence-electron chi connectivity index (χ4n) is 1.94. The van der Waals surface area contributed by atoms with Gasteiger partial charge in [-0.15, -0.1) is 0 Å². The molecule has 0 aliphatic carbocycles. The van der Waals surface area contributed by atoms with Crippen molar-refractivity contribution in [2.75, 3.05) is 18.6 Å². The Hall–Kier alpha value is -1.56. The van der Waals surface area contributed by atoms with Gasteiger partial charge in [0.25, 0.3) is 0 Å². The van der Waals surface area contributed by atoms with Crippen LogP contribution in [0.1, 0.15) is 29.7 Å². The number of benzene rings is 1. The number of carbonyl (C=O) groups excluding carboxylic acids is 1. The van der Waals surface area contributed by atoms with E-state index in [-0.39, 0.29) is 24.4 Å². The maximum Gasteiger partial charge on any atom is 0.315 e. The zero-order valence-electron chi connectivity index (χ0n) is 12.4. The van der Waals surface area contributed by atoms with Crippen LogP contribution in [0.2, 0.25) is 0 Å². The molecule has 0 aliphatic heterocycles. The van der Waals surface area contributed by atoms with Crippen LogP contribution in [-0.2, 0) is 9.84 Å². The van der Waals surface area contributed by atoms with Crippen molar-refractivity contribution in [2.24, 2.45) is 0 Å². The van der Waals surface area contributed by atoms with Crippen LogP contribution in [-0.4, -0.2) is 33.0 Å². The molecule has 1 rings (SSSR count). The van der Waals surface area contributed by atoms with Crippen molar-refractivity contribution in [2.45, 2.75) is 26.8 Å². The minimum Gasteiger partial charge on any atom is -0.337 e. The molecule has 0 saturated heterocycles. The molecule has 5 nitrogen and oxygen atoms in total. The summed E-state index contributed by atoms with van der Waals surface area (Å²) in [5.74, 6) is -0.0572. The molecule has 0 fully saturated rings. The lowest BCUT2D eigenvalue weighted by Crippen LogP contribution is -2.39. The molecule has 1 aromatic carbocycles. The van der Waals surface area contributed by atoms with Gasteiger partial charge in [0.05, 0.1) is 11.8 Å². The van der Waals surface area contributed by atoms with Crippen molar-refractivity contribution in [3.8, 4) is 0 Å². The van der Waals surface area contributed by atoms with Gasteiger partial charge >= 0.3 is 6.03 Å². The van der Waals surface area contributed by atoms with Gasteiger partial charge < -0.3 is 10.6 Å². The Bertz CT molecular complexity index is 562. The number of carbonyl (C=O) groups is 1. The van der Waals surface area contributed by atoms with E-state index in [0.717, 1.165) is 22.9 Å². The predicted octanol–water partition coefficient (Wildman–Crippen LogP) is 1.71. The number of rotatable bonds is 5. The van der Waals surface area contributed by atoms with Crippen LogP contribution >= 0.6 is 0 Å². The maximum absolute atomic E-state index is 11.7. The van der Waals surface area contributed by atoms with Crippen molar-refractivity contribution < 1.29 is 13.2 Å². The van der Waals surface area contributed by atoms with E-state index >= 15 is 0 Å². The van der Waals surface area contributed by atoms with Crippen LogP contribution in [0.5, 0.6) is 0 Å². The standard InChI is InChI=1S/C14H22N2O3S/c1-10-7-11(2)9-13(8-10)12(3)16-14(17)15-5-6-20(4,18)19/h7-9,12H,5-6H2,1-4H3,(H2,15,16,17). The molecule has 0 heterocycles. The Kier molecular flexibility index (Phi) is 5.56. The topological polar surface area (TPSA) is 75.3 Å². The Morgan fingerprint density at radius 1 is 1.20 bits per heavy atom. The molecule has 0 radical (unpaired) electrons. The SMILES string of the molecule is Cc1cc(C)cc(C(C)NC(=O)NCCS(C)(=O)=O)c1. The summed E-state index contributed by atoms with van der Waals surface area (Å²) in [6.07, 6.45) is 1.14. The molecule has 112 valence electrons. The second kappa shape index (κ2) is 6.74.